The minimum Gasteiger partial charge on any atom is -0.488 e. The Bertz CT molecular complexity index is 1310. The molecule has 4 atom stereocenters. The molecular weight excluding hydrogens is 528 g/mol. The molecule has 4 rings (SSSR count). The first-order chi connectivity index (χ1) is 19.7. The Morgan fingerprint density at radius 1 is 1.07 bits per heavy atom. The standard InChI is InChI=1S/C34H46N4O4/c1-21(35-8)30(39)37-29(33(2,3)4)32(41)38-20-24-18-25(42-34(5,6)7)17-16-23(24)19-28(38)31(40)36-27-15-11-13-22-12-9-10-14-26(22)27/h10,14,16-18,21,27-29,35H,11,13,15,19-20H2,1-8H3,(H,36,40)(H,37,39)/t21-,27+,28-,29?/m0/s1. The van der Waals surface area contributed by atoms with E-state index in [1.165, 1.54) is 0 Å². The SMILES string of the molecule is CN[C@@H](C)C(=O)NC(C(=O)N1Cc2cc(OC(C)(C)C)ccc2C[C@H]1C(=O)N[C@@H]1CCCc2c#cccc21)C(C)(C)C. The molecule has 8 heteroatoms. The number of benzene rings is 1. The molecule has 1 heterocycles. The zero-order valence-electron chi connectivity index (χ0n) is 26.3. The Hall–Kier alpha value is -3.57. The van der Waals surface area contributed by atoms with Gasteiger partial charge in [-0.05, 0) is 100 Å². The van der Waals surface area contributed by atoms with Crippen LogP contribution in [0.1, 0.15) is 89.6 Å². The summed E-state index contributed by atoms with van der Waals surface area (Å²) in [5.41, 5.74) is 3.12. The van der Waals surface area contributed by atoms with Crippen molar-refractivity contribution in [1.82, 2.24) is 20.9 Å². The molecular formula is C34H46N4O4. The number of carbonyl (C=O) groups excluding carboxylic acids is 3. The van der Waals surface area contributed by atoms with Crippen LogP contribution in [0.4, 0.5) is 0 Å². The monoisotopic (exact) mass is 574 g/mol. The molecule has 1 aliphatic carbocycles. The van der Waals surface area contributed by atoms with Crippen LogP contribution >= 0.6 is 0 Å². The maximum Gasteiger partial charge on any atom is 0.246 e. The van der Waals surface area contributed by atoms with E-state index in [0.29, 0.717) is 12.2 Å². The number of ether oxygens (including phenoxy) is 1. The molecule has 3 N–H and O–H groups in total. The molecule has 2 aromatic carbocycles. The lowest BCUT2D eigenvalue weighted by Gasteiger charge is -2.42. The van der Waals surface area contributed by atoms with E-state index in [2.05, 4.69) is 28.1 Å². The van der Waals surface area contributed by atoms with Crippen LogP contribution in [-0.2, 0) is 33.8 Å². The summed E-state index contributed by atoms with van der Waals surface area (Å²) in [5, 5.41) is 9.17. The van der Waals surface area contributed by atoms with Gasteiger partial charge in [0.15, 0.2) is 0 Å². The largest absolute Gasteiger partial charge is 0.488 e. The summed E-state index contributed by atoms with van der Waals surface area (Å²) < 4.78 is 6.11. The Balaban J connectivity index is 1.68. The summed E-state index contributed by atoms with van der Waals surface area (Å²) in [7, 11) is 1.70. The van der Waals surface area contributed by atoms with Gasteiger partial charge in [0.2, 0.25) is 17.7 Å². The van der Waals surface area contributed by atoms with Gasteiger partial charge < -0.3 is 25.6 Å². The third kappa shape index (κ3) is 7.25. The Kier molecular flexibility index (Phi) is 9.22. The van der Waals surface area contributed by atoms with Crippen molar-refractivity contribution in [1.29, 1.82) is 0 Å². The number of rotatable bonds is 7. The minimum absolute atomic E-state index is 0.150. The molecule has 8 nitrogen and oxygen atoms in total. The van der Waals surface area contributed by atoms with Gasteiger partial charge in [-0.15, -0.1) is 0 Å². The molecule has 1 aliphatic heterocycles. The number of hydrogen-bond donors (Lipinski definition) is 3. The van der Waals surface area contributed by atoms with Crippen molar-refractivity contribution in [2.75, 3.05) is 7.05 Å². The van der Waals surface area contributed by atoms with E-state index >= 15 is 0 Å². The fourth-order valence-corrected chi connectivity index (χ4v) is 5.68. The summed E-state index contributed by atoms with van der Waals surface area (Å²) in [5.74, 6) is -0.0276. The zero-order chi connectivity index (χ0) is 30.8. The van der Waals surface area contributed by atoms with Crippen molar-refractivity contribution in [2.24, 2.45) is 5.41 Å². The average molecular weight is 575 g/mol. The molecule has 0 saturated carbocycles. The second kappa shape index (κ2) is 12.3. The van der Waals surface area contributed by atoms with Crippen LogP contribution in [0.2, 0.25) is 0 Å². The Labute approximate surface area is 251 Å². The highest BCUT2D eigenvalue weighted by atomic mass is 16.5. The summed E-state index contributed by atoms with van der Waals surface area (Å²) in [6, 6.07) is 13.8. The van der Waals surface area contributed by atoms with Crippen LogP contribution in [0.3, 0.4) is 0 Å². The lowest BCUT2D eigenvalue weighted by molar-refractivity contribution is -0.147. The van der Waals surface area contributed by atoms with Crippen LogP contribution < -0.4 is 20.7 Å². The molecule has 42 heavy (non-hydrogen) atoms. The maximum absolute atomic E-state index is 14.4. The molecule has 0 aromatic heterocycles. The average Bonchev–Trinajstić information content (AvgIpc) is 2.92. The molecule has 0 saturated heterocycles. The van der Waals surface area contributed by atoms with Crippen LogP contribution in [-0.4, -0.2) is 53.4 Å². The summed E-state index contributed by atoms with van der Waals surface area (Å²) in [6.45, 7) is 13.7. The van der Waals surface area contributed by atoms with E-state index in [0.717, 1.165) is 41.5 Å². The fraction of sp³-hybridized carbons (Fsp3) is 0.559. The van der Waals surface area contributed by atoms with Crippen molar-refractivity contribution in [3.8, 4) is 5.75 Å². The predicted molar refractivity (Wildman–Crippen MR) is 163 cm³/mol. The highest BCUT2D eigenvalue weighted by Crippen LogP contribution is 2.33. The van der Waals surface area contributed by atoms with Crippen molar-refractivity contribution >= 4 is 17.7 Å². The van der Waals surface area contributed by atoms with Crippen LogP contribution in [0, 0.1) is 17.5 Å². The fourth-order valence-electron chi connectivity index (χ4n) is 5.68. The summed E-state index contributed by atoms with van der Waals surface area (Å²) >= 11 is 0. The maximum atomic E-state index is 14.4. The first-order valence-corrected chi connectivity index (χ1v) is 15.0. The third-order valence-electron chi connectivity index (χ3n) is 8.07. The number of fused-ring (bicyclic) bond motifs is 2. The molecule has 0 bridgehead atoms. The van der Waals surface area contributed by atoms with Gasteiger partial charge in [0, 0.05) is 18.5 Å². The van der Waals surface area contributed by atoms with Crippen molar-refractivity contribution in [2.45, 2.75) is 110 Å². The molecule has 0 fully saturated rings. The predicted octanol–water partition coefficient (Wildman–Crippen LogP) is 4.05. The summed E-state index contributed by atoms with van der Waals surface area (Å²) in [4.78, 5) is 43.0. The van der Waals surface area contributed by atoms with Crippen LogP contribution in [0.25, 0.3) is 0 Å². The summed E-state index contributed by atoms with van der Waals surface area (Å²) in [6.07, 6.45) is 3.05. The minimum atomic E-state index is -0.827. The number of amides is 3. The highest BCUT2D eigenvalue weighted by molar-refractivity contribution is 5.94. The van der Waals surface area contributed by atoms with Gasteiger partial charge in [-0.25, -0.2) is 0 Å². The number of carbonyl (C=O) groups is 3. The highest BCUT2D eigenvalue weighted by Gasteiger charge is 2.43. The number of nitrogens with zero attached hydrogens (tertiary/aromatic N) is 1. The quantitative estimate of drug-likeness (QED) is 0.464. The second-order valence-corrected chi connectivity index (χ2v) is 13.6. The second-order valence-electron chi connectivity index (χ2n) is 13.6. The lowest BCUT2D eigenvalue weighted by Crippen LogP contribution is -2.62. The van der Waals surface area contributed by atoms with Crippen molar-refractivity contribution in [3.63, 3.8) is 0 Å². The van der Waals surface area contributed by atoms with Crippen molar-refractivity contribution < 1.29 is 19.1 Å². The molecule has 2 aliphatic rings. The van der Waals surface area contributed by atoms with E-state index in [9.17, 15) is 14.4 Å². The lowest BCUT2D eigenvalue weighted by atomic mass is 9.83. The number of nitrogens with one attached hydrogen (secondary N) is 3. The van der Waals surface area contributed by atoms with E-state index in [4.69, 9.17) is 4.74 Å². The number of likely N-dealkylation sites (N-methyl/N-ethyl adjacent to an activating group) is 1. The molecule has 1 unspecified atom stereocenters. The van der Waals surface area contributed by atoms with Crippen LogP contribution in [0.15, 0.2) is 30.3 Å². The smallest absolute Gasteiger partial charge is 0.246 e. The van der Waals surface area contributed by atoms with Gasteiger partial charge in [-0.3, -0.25) is 14.4 Å². The topological polar surface area (TPSA) is 99.8 Å². The zero-order valence-corrected chi connectivity index (χ0v) is 26.3. The van der Waals surface area contributed by atoms with E-state index in [1.807, 2.05) is 71.9 Å². The Morgan fingerprint density at radius 2 is 1.81 bits per heavy atom. The molecule has 226 valence electrons. The molecule has 3 amide bonds. The normalized spacial score (nSPS) is 19.9. The van der Waals surface area contributed by atoms with Gasteiger partial charge in [0.1, 0.15) is 23.4 Å². The van der Waals surface area contributed by atoms with Gasteiger partial charge in [0.05, 0.1) is 12.1 Å². The van der Waals surface area contributed by atoms with Crippen molar-refractivity contribution in [3.05, 3.63) is 64.7 Å². The van der Waals surface area contributed by atoms with Crippen LogP contribution in [0.5, 0.6) is 5.75 Å². The van der Waals surface area contributed by atoms with Gasteiger partial charge in [-0.1, -0.05) is 39.0 Å². The first kappa shape index (κ1) is 31.4. The van der Waals surface area contributed by atoms with Gasteiger partial charge in [-0.2, -0.15) is 0 Å². The molecule has 2 aromatic rings. The van der Waals surface area contributed by atoms with Gasteiger partial charge >= 0.3 is 0 Å². The van der Waals surface area contributed by atoms with E-state index in [-0.39, 0.29) is 35.9 Å². The molecule has 0 spiro atoms. The molecule has 0 radical (unpaired) electrons. The third-order valence-corrected chi connectivity index (χ3v) is 8.07. The van der Waals surface area contributed by atoms with E-state index < -0.39 is 23.5 Å². The first-order valence-electron chi connectivity index (χ1n) is 15.0. The Morgan fingerprint density at radius 3 is 2.48 bits per heavy atom. The van der Waals surface area contributed by atoms with Gasteiger partial charge in [0.25, 0.3) is 0 Å². The number of hydrogen-bond acceptors (Lipinski definition) is 5. The van der Waals surface area contributed by atoms with E-state index in [1.54, 1.807) is 18.9 Å².